The van der Waals surface area contributed by atoms with E-state index < -0.39 is 6.09 Å². The Morgan fingerprint density at radius 1 is 1.56 bits per heavy atom. The lowest BCUT2D eigenvalue weighted by Crippen LogP contribution is -2.24. The number of rotatable bonds is 7. The molecule has 0 fully saturated rings. The molecule has 1 amide bonds. The summed E-state index contributed by atoms with van der Waals surface area (Å²) in [5, 5.41) is 3.11. The number of nitrogens with two attached hydrogens (primary N) is 1. The molecule has 0 aliphatic rings. The van der Waals surface area contributed by atoms with E-state index in [0.29, 0.717) is 19.1 Å². The van der Waals surface area contributed by atoms with E-state index in [9.17, 15) is 4.79 Å². The average molecular weight is 270 g/mol. The van der Waals surface area contributed by atoms with Crippen LogP contribution < -0.4 is 11.1 Å². The van der Waals surface area contributed by atoms with Crippen molar-refractivity contribution < 1.29 is 9.53 Å². The zero-order valence-corrected chi connectivity index (χ0v) is 11.4. The monoisotopic (exact) mass is 270 g/mol. The van der Waals surface area contributed by atoms with Crippen LogP contribution in [0.4, 0.5) is 10.7 Å². The second kappa shape index (κ2) is 7.75. The molecule has 0 aliphatic carbocycles. The minimum absolute atomic E-state index is 0.196. The maximum absolute atomic E-state index is 10.5. The summed E-state index contributed by atoms with van der Waals surface area (Å²) in [6, 6.07) is 0. The fourth-order valence-corrected chi connectivity index (χ4v) is 1.59. The van der Waals surface area contributed by atoms with Gasteiger partial charge >= 0.3 is 6.09 Å². The molecule has 3 N–H and O–H groups in total. The lowest BCUT2D eigenvalue weighted by molar-refractivity contribution is 0.137. The van der Waals surface area contributed by atoms with Crippen LogP contribution in [0.15, 0.2) is 17.3 Å². The van der Waals surface area contributed by atoms with Crippen LogP contribution in [-0.4, -0.2) is 35.5 Å². The Bertz CT molecular complexity index is 372. The summed E-state index contributed by atoms with van der Waals surface area (Å²) in [6.07, 6.45) is 5.64. The first-order valence-corrected chi connectivity index (χ1v) is 6.90. The van der Waals surface area contributed by atoms with Gasteiger partial charge in [0.1, 0.15) is 0 Å². The predicted octanol–water partition coefficient (Wildman–Crippen LogP) is 1.73. The molecule has 1 atom stereocenters. The molecule has 18 heavy (non-hydrogen) atoms. The van der Waals surface area contributed by atoms with Crippen LogP contribution in [-0.2, 0) is 4.74 Å². The standard InChI is InChI=1S/C11H18N4O2S/c1-3-8(7-17-10(12)16)4-13-11-14-5-9(18-2)6-15-11/h5-6,8H,3-4,7H2,1-2H3,(H2,12,16)(H,13,14,15)/t8-/m0/s1. The van der Waals surface area contributed by atoms with E-state index in [0.717, 1.165) is 11.3 Å². The van der Waals surface area contributed by atoms with Crippen LogP contribution in [0.1, 0.15) is 13.3 Å². The quantitative estimate of drug-likeness (QED) is 0.733. The molecule has 0 radical (unpaired) electrons. The molecule has 0 saturated carbocycles. The minimum Gasteiger partial charge on any atom is -0.449 e. The first kappa shape index (κ1) is 14.6. The number of thioether (sulfide) groups is 1. The van der Waals surface area contributed by atoms with Gasteiger partial charge in [0.2, 0.25) is 5.95 Å². The number of ether oxygens (including phenoxy) is 1. The smallest absolute Gasteiger partial charge is 0.404 e. The Hall–Kier alpha value is -1.50. The second-order valence-corrected chi connectivity index (χ2v) is 4.61. The van der Waals surface area contributed by atoms with E-state index >= 15 is 0 Å². The van der Waals surface area contributed by atoms with Gasteiger partial charge in [-0.15, -0.1) is 11.8 Å². The Balaban J connectivity index is 2.38. The molecule has 0 saturated heterocycles. The SMILES string of the molecule is CC[C@@H](CNc1ncc(SC)cn1)COC(N)=O. The van der Waals surface area contributed by atoms with Crippen LogP contribution in [0.25, 0.3) is 0 Å². The molecular weight excluding hydrogens is 252 g/mol. The number of nitrogens with one attached hydrogen (secondary N) is 1. The number of primary amides is 1. The molecule has 100 valence electrons. The highest BCUT2D eigenvalue weighted by atomic mass is 32.2. The van der Waals surface area contributed by atoms with Crippen LogP contribution in [0.3, 0.4) is 0 Å². The number of anilines is 1. The lowest BCUT2D eigenvalue weighted by atomic mass is 10.1. The summed E-state index contributed by atoms with van der Waals surface area (Å²) in [5.74, 6) is 0.770. The van der Waals surface area contributed by atoms with Gasteiger partial charge in [-0.25, -0.2) is 14.8 Å². The van der Waals surface area contributed by atoms with Crippen LogP contribution >= 0.6 is 11.8 Å². The predicted molar refractivity (Wildman–Crippen MR) is 71.6 cm³/mol. The third kappa shape index (κ3) is 5.22. The number of amides is 1. The highest BCUT2D eigenvalue weighted by molar-refractivity contribution is 7.98. The number of aromatic nitrogens is 2. The van der Waals surface area contributed by atoms with Crippen molar-refractivity contribution >= 4 is 23.8 Å². The molecule has 0 bridgehead atoms. The Labute approximate surface area is 111 Å². The zero-order valence-electron chi connectivity index (χ0n) is 10.5. The maximum atomic E-state index is 10.5. The molecule has 0 aromatic carbocycles. The van der Waals surface area contributed by atoms with E-state index in [1.807, 2.05) is 13.2 Å². The minimum atomic E-state index is -0.742. The molecule has 0 spiro atoms. The van der Waals surface area contributed by atoms with Crippen molar-refractivity contribution in [2.75, 3.05) is 24.7 Å². The zero-order chi connectivity index (χ0) is 13.4. The lowest BCUT2D eigenvalue weighted by Gasteiger charge is -2.14. The summed E-state index contributed by atoms with van der Waals surface area (Å²) in [5.41, 5.74) is 4.93. The van der Waals surface area contributed by atoms with Crippen LogP contribution in [0, 0.1) is 5.92 Å². The van der Waals surface area contributed by atoms with E-state index in [1.54, 1.807) is 24.2 Å². The Morgan fingerprint density at radius 2 is 2.22 bits per heavy atom. The van der Waals surface area contributed by atoms with Gasteiger partial charge in [-0.3, -0.25) is 0 Å². The van der Waals surface area contributed by atoms with E-state index in [2.05, 4.69) is 15.3 Å². The number of carbonyl (C=O) groups is 1. The Morgan fingerprint density at radius 3 is 2.72 bits per heavy atom. The fourth-order valence-electron chi connectivity index (χ4n) is 1.27. The molecule has 1 aromatic rings. The van der Waals surface area contributed by atoms with E-state index in [1.165, 1.54) is 0 Å². The molecule has 1 heterocycles. The van der Waals surface area contributed by atoms with Crippen molar-refractivity contribution in [3.05, 3.63) is 12.4 Å². The second-order valence-electron chi connectivity index (χ2n) is 3.73. The molecule has 1 rings (SSSR count). The molecule has 6 nitrogen and oxygen atoms in total. The molecular formula is C11H18N4O2S. The number of hydrogen-bond donors (Lipinski definition) is 2. The van der Waals surface area contributed by atoms with Crippen molar-refractivity contribution in [3.63, 3.8) is 0 Å². The fraction of sp³-hybridized carbons (Fsp3) is 0.545. The van der Waals surface area contributed by atoms with Gasteiger partial charge in [0, 0.05) is 29.8 Å². The summed E-state index contributed by atoms with van der Waals surface area (Å²) >= 11 is 1.59. The molecule has 7 heteroatoms. The summed E-state index contributed by atoms with van der Waals surface area (Å²) in [6.45, 7) is 2.97. The highest BCUT2D eigenvalue weighted by Gasteiger charge is 2.09. The molecule has 0 unspecified atom stereocenters. The first-order chi connectivity index (χ1) is 8.65. The Kier molecular flexibility index (Phi) is 6.27. The van der Waals surface area contributed by atoms with Gasteiger partial charge in [-0.1, -0.05) is 6.92 Å². The molecule has 1 aromatic heterocycles. The number of nitrogens with zero attached hydrogens (tertiary/aromatic N) is 2. The average Bonchev–Trinajstić information content (AvgIpc) is 2.39. The highest BCUT2D eigenvalue weighted by Crippen LogP contribution is 2.12. The van der Waals surface area contributed by atoms with Gasteiger partial charge in [-0.05, 0) is 12.7 Å². The van der Waals surface area contributed by atoms with Crippen LogP contribution in [0.2, 0.25) is 0 Å². The van der Waals surface area contributed by atoms with Crippen molar-refractivity contribution in [1.82, 2.24) is 9.97 Å². The van der Waals surface area contributed by atoms with E-state index in [4.69, 9.17) is 10.5 Å². The topological polar surface area (TPSA) is 90.1 Å². The summed E-state index contributed by atoms with van der Waals surface area (Å²) in [4.78, 5) is 19.9. The van der Waals surface area contributed by atoms with Crippen molar-refractivity contribution in [3.8, 4) is 0 Å². The van der Waals surface area contributed by atoms with Crippen molar-refractivity contribution in [2.24, 2.45) is 11.7 Å². The number of carbonyl (C=O) groups excluding carboxylic acids is 1. The van der Waals surface area contributed by atoms with Gasteiger partial charge in [0.25, 0.3) is 0 Å². The van der Waals surface area contributed by atoms with Gasteiger partial charge in [0.05, 0.1) is 6.61 Å². The summed E-state index contributed by atoms with van der Waals surface area (Å²) < 4.78 is 4.77. The number of hydrogen-bond acceptors (Lipinski definition) is 6. The van der Waals surface area contributed by atoms with Crippen molar-refractivity contribution in [1.29, 1.82) is 0 Å². The maximum Gasteiger partial charge on any atom is 0.404 e. The molecule has 0 aliphatic heterocycles. The van der Waals surface area contributed by atoms with Gasteiger partial charge in [0.15, 0.2) is 0 Å². The third-order valence-corrected chi connectivity index (χ3v) is 3.13. The van der Waals surface area contributed by atoms with Crippen molar-refractivity contribution in [2.45, 2.75) is 18.2 Å². The summed E-state index contributed by atoms with van der Waals surface area (Å²) in [7, 11) is 0. The van der Waals surface area contributed by atoms with Gasteiger partial charge in [-0.2, -0.15) is 0 Å². The largest absolute Gasteiger partial charge is 0.449 e. The van der Waals surface area contributed by atoms with Gasteiger partial charge < -0.3 is 15.8 Å². The van der Waals surface area contributed by atoms with Crippen LogP contribution in [0.5, 0.6) is 0 Å². The first-order valence-electron chi connectivity index (χ1n) is 5.67. The third-order valence-electron chi connectivity index (χ3n) is 2.45. The normalized spacial score (nSPS) is 11.9. The van der Waals surface area contributed by atoms with E-state index in [-0.39, 0.29) is 5.92 Å².